The largest absolute Gasteiger partial charge is 0.437 e. The van der Waals surface area contributed by atoms with E-state index in [0.29, 0.717) is 23.0 Å². The topological polar surface area (TPSA) is 73.9 Å². The molecule has 0 bridgehead atoms. The van der Waals surface area contributed by atoms with Crippen LogP contribution in [-0.2, 0) is 0 Å². The van der Waals surface area contributed by atoms with Crippen molar-refractivity contribution in [3.05, 3.63) is 48.8 Å². The number of hydrogen-bond acceptors (Lipinski definition) is 5. The van der Waals surface area contributed by atoms with Crippen LogP contribution in [0.1, 0.15) is 0 Å². The van der Waals surface area contributed by atoms with Gasteiger partial charge in [-0.25, -0.2) is 4.98 Å². The monoisotopic (exact) mass is 238 g/mol. The summed E-state index contributed by atoms with van der Waals surface area (Å²) in [7, 11) is 0. The molecule has 2 heterocycles. The highest BCUT2D eigenvalue weighted by atomic mass is 16.5. The van der Waals surface area contributed by atoms with Crippen molar-refractivity contribution >= 4 is 16.9 Å². The lowest BCUT2D eigenvalue weighted by Gasteiger charge is -2.07. The van der Waals surface area contributed by atoms with Gasteiger partial charge in [0.2, 0.25) is 5.88 Å². The number of nitrogens with zero attached hydrogens (tertiary/aromatic N) is 3. The molecule has 0 saturated heterocycles. The van der Waals surface area contributed by atoms with E-state index < -0.39 is 0 Å². The Morgan fingerprint density at radius 3 is 2.67 bits per heavy atom. The molecule has 0 aliphatic rings. The second kappa shape index (κ2) is 4.29. The molecule has 0 radical (unpaired) electrons. The minimum absolute atomic E-state index is 0.445. The Bertz CT molecular complexity index is 699. The molecule has 0 aliphatic carbocycles. The van der Waals surface area contributed by atoms with E-state index in [-0.39, 0.29) is 0 Å². The Hall–Kier alpha value is -2.69. The van der Waals surface area contributed by atoms with Gasteiger partial charge in [0.1, 0.15) is 5.52 Å². The summed E-state index contributed by atoms with van der Waals surface area (Å²) in [6.07, 6.45) is 3.22. The summed E-state index contributed by atoms with van der Waals surface area (Å²) in [5, 5.41) is 0. The molecule has 2 aromatic heterocycles. The van der Waals surface area contributed by atoms with Gasteiger partial charge in [-0.3, -0.25) is 4.98 Å². The van der Waals surface area contributed by atoms with Gasteiger partial charge in [-0.15, -0.1) is 0 Å². The van der Waals surface area contributed by atoms with Crippen LogP contribution >= 0.6 is 0 Å². The first-order valence-electron chi connectivity index (χ1n) is 5.43. The standard InChI is InChI=1S/C13H10N4O/c14-9-3-1-2-4-11(9)18-12-6-5-10-13(17-12)16-8-7-15-10/h1-8H,14H2. The average Bonchev–Trinajstić information content (AvgIpc) is 2.41. The van der Waals surface area contributed by atoms with Crippen LogP contribution in [0.25, 0.3) is 11.2 Å². The van der Waals surface area contributed by atoms with E-state index in [4.69, 9.17) is 10.5 Å². The van der Waals surface area contributed by atoms with Crippen LogP contribution in [0.15, 0.2) is 48.8 Å². The minimum atomic E-state index is 0.445. The quantitative estimate of drug-likeness (QED) is 0.694. The molecule has 5 nitrogen and oxygen atoms in total. The van der Waals surface area contributed by atoms with E-state index in [1.54, 1.807) is 30.6 Å². The number of aromatic nitrogens is 3. The van der Waals surface area contributed by atoms with Crippen LogP contribution in [0, 0.1) is 0 Å². The fraction of sp³-hybridized carbons (Fsp3) is 0. The number of hydrogen-bond donors (Lipinski definition) is 1. The van der Waals surface area contributed by atoms with Crippen molar-refractivity contribution in [3.63, 3.8) is 0 Å². The Morgan fingerprint density at radius 2 is 1.78 bits per heavy atom. The summed E-state index contributed by atoms with van der Waals surface area (Å²) in [6, 6.07) is 10.8. The van der Waals surface area contributed by atoms with Crippen LogP contribution < -0.4 is 10.5 Å². The maximum absolute atomic E-state index is 5.80. The molecule has 18 heavy (non-hydrogen) atoms. The third-order valence-electron chi connectivity index (χ3n) is 2.44. The predicted octanol–water partition coefficient (Wildman–Crippen LogP) is 2.40. The number of nitrogen functional groups attached to an aromatic ring is 1. The summed E-state index contributed by atoms with van der Waals surface area (Å²) >= 11 is 0. The van der Waals surface area contributed by atoms with E-state index in [9.17, 15) is 0 Å². The molecule has 88 valence electrons. The molecular formula is C13H10N4O. The van der Waals surface area contributed by atoms with Gasteiger partial charge in [0.05, 0.1) is 5.69 Å². The van der Waals surface area contributed by atoms with Gasteiger partial charge in [-0.1, -0.05) is 12.1 Å². The van der Waals surface area contributed by atoms with Crippen molar-refractivity contribution in [2.75, 3.05) is 5.73 Å². The average molecular weight is 238 g/mol. The maximum atomic E-state index is 5.80. The highest BCUT2D eigenvalue weighted by Gasteiger charge is 2.04. The fourth-order valence-electron chi connectivity index (χ4n) is 1.58. The van der Waals surface area contributed by atoms with Crippen molar-refractivity contribution < 1.29 is 4.74 Å². The van der Waals surface area contributed by atoms with Crippen molar-refractivity contribution in [2.45, 2.75) is 0 Å². The number of fused-ring (bicyclic) bond motifs is 1. The smallest absolute Gasteiger partial charge is 0.221 e. The zero-order valence-corrected chi connectivity index (χ0v) is 9.45. The molecule has 2 N–H and O–H groups in total. The number of benzene rings is 1. The molecule has 0 fully saturated rings. The van der Waals surface area contributed by atoms with Crippen molar-refractivity contribution in [1.29, 1.82) is 0 Å². The van der Waals surface area contributed by atoms with E-state index in [0.717, 1.165) is 5.52 Å². The molecule has 3 rings (SSSR count). The molecule has 0 aliphatic heterocycles. The van der Waals surface area contributed by atoms with Gasteiger partial charge in [0.25, 0.3) is 0 Å². The number of ether oxygens (including phenoxy) is 1. The second-order valence-electron chi connectivity index (χ2n) is 3.69. The summed E-state index contributed by atoms with van der Waals surface area (Å²) in [5.41, 5.74) is 7.64. The first-order valence-corrected chi connectivity index (χ1v) is 5.43. The Balaban J connectivity index is 1.98. The first kappa shape index (κ1) is 10.5. The highest BCUT2D eigenvalue weighted by Crippen LogP contribution is 2.26. The van der Waals surface area contributed by atoms with Crippen molar-refractivity contribution in [1.82, 2.24) is 15.0 Å². The molecule has 3 aromatic rings. The van der Waals surface area contributed by atoms with Gasteiger partial charge in [-0.05, 0) is 18.2 Å². The molecule has 0 spiro atoms. The molecule has 1 aromatic carbocycles. The molecule has 5 heteroatoms. The first-order chi connectivity index (χ1) is 8.83. The SMILES string of the molecule is Nc1ccccc1Oc1ccc2nccnc2n1. The van der Waals surface area contributed by atoms with E-state index >= 15 is 0 Å². The van der Waals surface area contributed by atoms with Gasteiger partial charge in [0, 0.05) is 18.5 Å². The molecule has 0 saturated carbocycles. The summed E-state index contributed by atoms with van der Waals surface area (Å²) in [4.78, 5) is 12.5. The lowest BCUT2D eigenvalue weighted by molar-refractivity contribution is 0.467. The zero-order valence-electron chi connectivity index (χ0n) is 9.45. The zero-order chi connectivity index (χ0) is 12.4. The van der Waals surface area contributed by atoms with Gasteiger partial charge >= 0.3 is 0 Å². The Morgan fingerprint density at radius 1 is 0.944 bits per heavy atom. The Kier molecular flexibility index (Phi) is 2.49. The number of anilines is 1. The summed E-state index contributed by atoms with van der Waals surface area (Å²) in [5.74, 6) is 1.02. The lowest BCUT2D eigenvalue weighted by Crippen LogP contribution is -1.94. The van der Waals surface area contributed by atoms with E-state index in [1.165, 1.54) is 0 Å². The molecule has 0 unspecified atom stereocenters. The van der Waals surface area contributed by atoms with Crippen molar-refractivity contribution in [3.8, 4) is 11.6 Å². The third-order valence-corrected chi connectivity index (χ3v) is 2.44. The minimum Gasteiger partial charge on any atom is -0.437 e. The van der Waals surface area contributed by atoms with Crippen LogP contribution in [0.4, 0.5) is 5.69 Å². The Labute approximate surface area is 103 Å². The van der Waals surface area contributed by atoms with Crippen molar-refractivity contribution in [2.24, 2.45) is 0 Å². The van der Waals surface area contributed by atoms with Gasteiger partial charge in [-0.2, -0.15) is 4.98 Å². The normalized spacial score (nSPS) is 10.4. The number of rotatable bonds is 2. The second-order valence-corrected chi connectivity index (χ2v) is 3.69. The fourth-order valence-corrected chi connectivity index (χ4v) is 1.58. The molecule has 0 atom stereocenters. The van der Waals surface area contributed by atoms with Crippen LogP contribution in [0.5, 0.6) is 11.6 Å². The van der Waals surface area contributed by atoms with E-state index in [1.807, 2.05) is 18.2 Å². The van der Waals surface area contributed by atoms with Gasteiger partial charge in [0.15, 0.2) is 11.4 Å². The molecular weight excluding hydrogens is 228 g/mol. The number of pyridine rings is 1. The third kappa shape index (κ3) is 1.93. The number of nitrogens with two attached hydrogens (primary N) is 1. The van der Waals surface area contributed by atoms with Crippen LogP contribution in [0.3, 0.4) is 0 Å². The van der Waals surface area contributed by atoms with Crippen LogP contribution in [0.2, 0.25) is 0 Å². The summed E-state index contributed by atoms with van der Waals surface area (Å²) in [6.45, 7) is 0. The van der Waals surface area contributed by atoms with E-state index in [2.05, 4.69) is 15.0 Å². The predicted molar refractivity (Wildman–Crippen MR) is 68.3 cm³/mol. The molecule has 0 amide bonds. The van der Waals surface area contributed by atoms with Gasteiger partial charge < -0.3 is 10.5 Å². The lowest BCUT2D eigenvalue weighted by atomic mass is 10.3. The van der Waals surface area contributed by atoms with Crippen LogP contribution in [-0.4, -0.2) is 15.0 Å². The number of para-hydroxylation sites is 2. The summed E-state index contributed by atoms with van der Waals surface area (Å²) < 4.78 is 5.61. The maximum Gasteiger partial charge on any atom is 0.221 e. The highest BCUT2D eigenvalue weighted by molar-refractivity contribution is 5.69.